The molecule has 0 saturated heterocycles. The lowest BCUT2D eigenvalue weighted by Gasteiger charge is -2.10. The highest BCUT2D eigenvalue weighted by Gasteiger charge is 2.32. The van der Waals surface area contributed by atoms with Crippen LogP contribution in [0.15, 0.2) is 36.9 Å². The number of rotatable bonds is 4. The van der Waals surface area contributed by atoms with E-state index in [-0.39, 0.29) is 11.5 Å². The first kappa shape index (κ1) is 16.9. The Balaban J connectivity index is 1.98. The normalized spacial score (nSPS) is 11.9. The quantitative estimate of drug-likeness (QED) is 0.634. The predicted molar refractivity (Wildman–Crippen MR) is 65.5 cm³/mol. The second-order valence-corrected chi connectivity index (χ2v) is 4.15. The van der Waals surface area contributed by atoms with E-state index in [4.69, 9.17) is 9.31 Å². The molecule has 11 heteroatoms. The first-order chi connectivity index (χ1) is 10.7. The Morgan fingerprint density at radius 1 is 0.696 bits per heavy atom. The lowest BCUT2D eigenvalue weighted by atomic mass is 10.2. The van der Waals surface area contributed by atoms with Crippen LogP contribution in [0.25, 0.3) is 0 Å². The molecule has 0 aliphatic rings. The number of hydrogen-bond acceptors (Lipinski definition) is 4. The van der Waals surface area contributed by atoms with Crippen LogP contribution in [-0.2, 0) is 12.4 Å². The highest BCUT2D eigenvalue weighted by atomic mass is 19.4. The number of aromatic nitrogens is 2. The van der Waals surface area contributed by atoms with E-state index in [1.807, 2.05) is 0 Å². The van der Waals surface area contributed by atoms with Crippen LogP contribution in [0.2, 0.25) is 0 Å². The molecule has 2 aromatic heterocycles. The molecule has 0 fully saturated rings. The highest BCUT2D eigenvalue weighted by molar-refractivity contribution is 6.20. The van der Waals surface area contributed by atoms with Crippen molar-refractivity contribution in [1.82, 2.24) is 9.97 Å². The van der Waals surface area contributed by atoms with E-state index in [0.717, 1.165) is 12.4 Å². The number of nitrogens with zero attached hydrogens (tertiary/aromatic N) is 2. The van der Waals surface area contributed by atoms with Crippen LogP contribution in [0.5, 0.6) is 11.5 Å². The van der Waals surface area contributed by atoms with Gasteiger partial charge in [-0.3, -0.25) is 9.97 Å². The van der Waals surface area contributed by atoms with E-state index in [1.54, 1.807) is 0 Å². The Hall–Kier alpha value is -2.46. The largest absolute Gasteiger partial charge is 0.658 e. The summed E-state index contributed by atoms with van der Waals surface area (Å²) in [6.45, 7) is 0. The van der Waals surface area contributed by atoms with Crippen LogP contribution in [0.4, 0.5) is 26.3 Å². The van der Waals surface area contributed by atoms with Crippen molar-refractivity contribution in [1.29, 1.82) is 0 Å². The van der Waals surface area contributed by atoms with Crippen LogP contribution in [0, 0.1) is 0 Å². The minimum absolute atomic E-state index is 0.292. The Morgan fingerprint density at radius 2 is 1.09 bits per heavy atom. The first-order valence-electron chi connectivity index (χ1n) is 5.86. The van der Waals surface area contributed by atoms with Crippen molar-refractivity contribution in [2.24, 2.45) is 0 Å². The van der Waals surface area contributed by atoms with Gasteiger partial charge in [0.05, 0.1) is 23.5 Å². The summed E-state index contributed by atoms with van der Waals surface area (Å²) < 4.78 is 84.3. The van der Waals surface area contributed by atoms with Gasteiger partial charge in [0.25, 0.3) is 0 Å². The smallest absolute Gasteiger partial charge is 0.525 e. The van der Waals surface area contributed by atoms with Gasteiger partial charge in [-0.05, 0) is 12.1 Å². The Morgan fingerprint density at radius 3 is 1.43 bits per heavy atom. The minimum Gasteiger partial charge on any atom is -0.525 e. The summed E-state index contributed by atoms with van der Waals surface area (Å²) in [5.41, 5.74) is -2.08. The lowest BCUT2D eigenvalue weighted by molar-refractivity contribution is -0.138. The van der Waals surface area contributed by atoms with Crippen molar-refractivity contribution in [3.8, 4) is 11.5 Å². The van der Waals surface area contributed by atoms with Gasteiger partial charge in [0.15, 0.2) is 0 Å². The molecule has 0 saturated carbocycles. The van der Waals surface area contributed by atoms with Crippen molar-refractivity contribution in [2.45, 2.75) is 12.4 Å². The highest BCUT2D eigenvalue weighted by Crippen LogP contribution is 2.31. The zero-order valence-corrected chi connectivity index (χ0v) is 11.0. The molecule has 0 N–H and O–H groups in total. The van der Waals surface area contributed by atoms with Crippen LogP contribution in [0.1, 0.15) is 11.1 Å². The van der Waals surface area contributed by atoms with Gasteiger partial charge in [0.2, 0.25) is 0 Å². The third-order valence-electron chi connectivity index (χ3n) is 2.45. The van der Waals surface area contributed by atoms with E-state index in [2.05, 4.69) is 9.97 Å². The monoisotopic (exact) mass is 335 g/mol. The van der Waals surface area contributed by atoms with Gasteiger partial charge in [-0.15, -0.1) is 0 Å². The first-order valence-corrected chi connectivity index (χ1v) is 5.86. The van der Waals surface area contributed by atoms with E-state index >= 15 is 0 Å². The molecule has 4 nitrogen and oxygen atoms in total. The van der Waals surface area contributed by atoms with E-state index in [1.165, 1.54) is 0 Å². The Labute approximate surface area is 126 Å². The molecule has 2 heterocycles. The standard InChI is InChI=1S/C12H6BF6N2O2/c14-11(15,16)7-1-9(5-20-3-7)22-13-23-10-2-8(4-21-6-10)12(17,18)19/h1-6H. The van der Waals surface area contributed by atoms with Gasteiger partial charge >= 0.3 is 20.0 Å². The maximum Gasteiger partial charge on any atom is 0.658 e. The number of pyridine rings is 2. The zero-order valence-electron chi connectivity index (χ0n) is 11.0. The maximum atomic E-state index is 12.5. The molecule has 0 bridgehead atoms. The molecular weight excluding hydrogens is 329 g/mol. The van der Waals surface area contributed by atoms with Gasteiger partial charge in [-0.25, -0.2) is 0 Å². The molecule has 0 aliphatic carbocycles. The van der Waals surface area contributed by atoms with Crippen LogP contribution < -0.4 is 9.31 Å². The van der Waals surface area contributed by atoms with Gasteiger partial charge in [-0.2, -0.15) is 26.3 Å². The summed E-state index contributed by atoms with van der Waals surface area (Å²) in [6, 6.07) is 1.33. The Kier molecular flexibility index (Phi) is 4.67. The predicted octanol–water partition coefficient (Wildman–Crippen LogP) is 3.51. The fourth-order valence-corrected chi connectivity index (χ4v) is 1.41. The van der Waals surface area contributed by atoms with Gasteiger partial charge in [0, 0.05) is 12.4 Å². The molecule has 2 rings (SSSR count). The molecule has 0 amide bonds. The fraction of sp³-hybridized carbons (Fsp3) is 0.167. The molecular formula is C12H6BF6N2O2. The third kappa shape index (κ3) is 4.76. The van der Waals surface area contributed by atoms with Crippen molar-refractivity contribution >= 4 is 7.69 Å². The fourth-order valence-electron chi connectivity index (χ4n) is 1.41. The van der Waals surface area contributed by atoms with Crippen molar-refractivity contribution in [3.05, 3.63) is 48.0 Å². The second-order valence-electron chi connectivity index (χ2n) is 4.15. The van der Waals surface area contributed by atoms with Crippen LogP contribution >= 0.6 is 0 Å². The van der Waals surface area contributed by atoms with E-state index < -0.39 is 23.5 Å². The van der Waals surface area contributed by atoms with Gasteiger partial charge in [0.1, 0.15) is 11.5 Å². The van der Waals surface area contributed by atoms with E-state index in [9.17, 15) is 26.3 Å². The Bertz CT molecular complexity index is 620. The second kappa shape index (κ2) is 6.35. The SMILES string of the molecule is FC(F)(F)c1cncc(O[B]Oc2cncc(C(F)(F)F)c2)c1. The van der Waals surface area contributed by atoms with Gasteiger partial charge in [-0.1, -0.05) is 0 Å². The van der Waals surface area contributed by atoms with Crippen molar-refractivity contribution in [2.75, 3.05) is 0 Å². The summed E-state index contributed by atoms with van der Waals surface area (Å²) >= 11 is 0. The summed E-state index contributed by atoms with van der Waals surface area (Å²) in [7, 11) is 0.578. The molecule has 1 radical (unpaired) electrons. The average molecular weight is 335 g/mol. The molecule has 0 unspecified atom stereocenters. The minimum atomic E-state index is -4.60. The molecule has 121 valence electrons. The topological polar surface area (TPSA) is 44.2 Å². The number of hydrogen-bond donors (Lipinski definition) is 0. The summed E-state index contributed by atoms with van der Waals surface area (Å²) in [5, 5.41) is 0. The van der Waals surface area contributed by atoms with Crippen LogP contribution in [-0.4, -0.2) is 17.7 Å². The van der Waals surface area contributed by atoms with Crippen LogP contribution in [0.3, 0.4) is 0 Å². The van der Waals surface area contributed by atoms with Gasteiger partial charge < -0.3 is 9.31 Å². The third-order valence-corrected chi connectivity index (χ3v) is 2.45. The molecule has 0 aliphatic heterocycles. The van der Waals surface area contributed by atoms with Crippen molar-refractivity contribution in [3.63, 3.8) is 0 Å². The van der Waals surface area contributed by atoms with Crippen molar-refractivity contribution < 1.29 is 35.7 Å². The summed E-state index contributed by atoms with van der Waals surface area (Å²) in [5.74, 6) is -0.584. The number of alkyl halides is 6. The maximum absolute atomic E-state index is 12.5. The molecule has 0 spiro atoms. The van der Waals surface area contributed by atoms with E-state index in [0.29, 0.717) is 32.2 Å². The average Bonchev–Trinajstić information content (AvgIpc) is 2.46. The summed E-state index contributed by atoms with van der Waals surface area (Å²) in [4.78, 5) is 6.68. The number of halogens is 6. The molecule has 0 aromatic carbocycles. The molecule has 23 heavy (non-hydrogen) atoms. The molecule has 2 aromatic rings. The summed E-state index contributed by atoms with van der Waals surface area (Å²) in [6.07, 6.45) is -6.02. The zero-order chi connectivity index (χ0) is 17.1. The lowest BCUT2D eigenvalue weighted by Crippen LogP contribution is -2.13. The molecule has 0 atom stereocenters.